The summed E-state index contributed by atoms with van der Waals surface area (Å²) in [5, 5.41) is 12.1. The highest BCUT2D eigenvalue weighted by molar-refractivity contribution is 5.92. The van der Waals surface area contributed by atoms with Crippen LogP contribution in [0.2, 0.25) is 0 Å². The van der Waals surface area contributed by atoms with Gasteiger partial charge in [-0.05, 0) is 36.2 Å². The van der Waals surface area contributed by atoms with Gasteiger partial charge in [0.05, 0.1) is 0 Å². The van der Waals surface area contributed by atoms with Crippen LogP contribution in [0.25, 0.3) is 11.3 Å². The standard InChI is InChI=1S/C19H17NO3/c21-16-8-6-14(7-9-16)12-13-20-19(22)18-11-10-17(23-18)15-4-2-1-3-5-15/h1-11,21H,12-13H2,(H,20,22). The summed E-state index contributed by atoms with van der Waals surface area (Å²) in [5.41, 5.74) is 1.99. The summed E-state index contributed by atoms with van der Waals surface area (Å²) in [7, 11) is 0. The first-order valence-corrected chi connectivity index (χ1v) is 7.44. The zero-order valence-corrected chi connectivity index (χ0v) is 12.5. The van der Waals surface area contributed by atoms with Crippen LogP contribution in [0.15, 0.2) is 71.1 Å². The molecule has 0 saturated heterocycles. The van der Waals surface area contributed by atoms with E-state index < -0.39 is 0 Å². The predicted molar refractivity (Wildman–Crippen MR) is 88.3 cm³/mol. The molecule has 0 aliphatic carbocycles. The van der Waals surface area contributed by atoms with Gasteiger partial charge in [-0.15, -0.1) is 0 Å². The molecular formula is C19H17NO3. The largest absolute Gasteiger partial charge is 0.508 e. The molecule has 1 amide bonds. The molecule has 2 N–H and O–H groups in total. The SMILES string of the molecule is O=C(NCCc1ccc(O)cc1)c1ccc(-c2ccccc2)o1. The number of rotatable bonds is 5. The minimum absolute atomic E-state index is 0.231. The summed E-state index contributed by atoms with van der Waals surface area (Å²) in [6, 6.07) is 20.1. The number of hydrogen-bond donors (Lipinski definition) is 2. The first kappa shape index (κ1) is 14.9. The molecule has 3 rings (SSSR count). The van der Waals surface area contributed by atoms with Crippen molar-refractivity contribution in [1.82, 2.24) is 5.32 Å². The number of phenols is 1. The lowest BCUT2D eigenvalue weighted by Crippen LogP contribution is -2.25. The number of nitrogens with one attached hydrogen (secondary N) is 1. The van der Waals surface area contributed by atoms with E-state index in [4.69, 9.17) is 4.42 Å². The highest BCUT2D eigenvalue weighted by atomic mass is 16.3. The molecule has 0 unspecified atom stereocenters. The first-order valence-electron chi connectivity index (χ1n) is 7.44. The zero-order valence-electron chi connectivity index (χ0n) is 12.5. The topological polar surface area (TPSA) is 62.5 Å². The molecule has 116 valence electrons. The number of amides is 1. The van der Waals surface area contributed by atoms with E-state index in [1.165, 1.54) is 0 Å². The van der Waals surface area contributed by atoms with E-state index in [9.17, 15) is 9.90 Å². The molecule has 4 nitrogen and oxygen atoms in total. The van der Waals surface area contributed by atoms with Gasteiger partial charge in [0, 0.05) is 12.1 Å². The maximum absolute atomic E-state index is 12.1. The molecule has 0 radical (unpaired) electrons. The van der Waals surface area contributed by atoms with E-state index in [-0.39, 0.29) is 11.7 Å². The molecule has 0 saturated carbocycles. The molecule has 2 aromatic carbocycles. The molecule has 0 fully saturated rings. The Bertz CT molecular complexity index is 776. The van der Waals surface area contributed by atoms with Gasteiger partial charge in [0.1, 0.15) is 11.5 Å². The monoisotopic (exact) mass is 307 g/mol. The van der Waals surface area contributed by atoms with Gasteiger partial charge in [-0.2, -0.15) is 0 Å². The van der Waals surface area contributed by atoms with Gasteiger partial charge < -0.3 is 14.8 Å². The molecule has 1 aromatic heterocycles. The van der Waals surface area contributed by atoms with Crippen LogP contribution in [0.4, 0.5) is 0 Å². The third-order valence-electron chi connectivity index (χ3n) is 3.52. The van der Waals surface area contributed by atoms with Gasteiger partial charge in [0.25, 0.3) is 5.91 Å². The summed E-state index contributed by atoms with van der Waals surface area (Å²) in [4.78, 5) is 12.1. The highest BCUT2D eigenvalue weighted by Crippen LogP contribution is 2.21. The number of carbonyl (C=O) groups excluding carboxylic acids is 1. The quantitative estimate of drug-likeness (QED) is 0.756. The summed E-state index contributed by atoms with van der Waals surface area (Å²) < 4.78 is 5.60. The summed E-state index contributed by atoms with van der Waals surface area (Å²) >= 11 is 0. The molecule has 23 heavy (non-hydrogen) atoms. The van der Waals surface area contributed by atoms with E-state index in [1.807, 2.05) is 42.5 Å². The second kappa shape index (κ2) is 6.83. The summed E-state index contributed by atoms with van der Waals surface area (Å²) in [6.45, 7) is 0.505. The van der Waals surface area contributed by atoms with Gasteiger partial charge in [-0.25, -0.2) is 0 Å². The Labute approximate surface area is 134 Å². The van der Waals surface area contributed by atoms with Crippen molar-refractivity contribution in [3.05, 3.63) is 78.1 Å². The smallest absolute Gasteiger partial charge is 0.287 e. The van der Waals surface area contributed by atoms with Crippen LogP contribution in [-0.4, -0.2) is 17.6 Å². The molecule has 0 atom stereocenters. The Morgan fingerprint density at radius 3 is 2.43 bits per heavy atom. The van der Waals surface area contributed by atoms with Crippen LogP contribution in [0.5, 0.6) is 5.75 Å². The lowest BCUT2D eigenvalue weighted by atomic mass is 10.1. The van der Waals surface area contributed by atoms with Gasteiger partial charge >= 0.3 is 0 Å². The molecule has 0 spiro atoms. The average molecular weight is 307 g/mol. The molecule has 4 heteroatoms. The average Bonchev–Trinajstić information content (AvgIpc) is 3.07. The second-order valence-electron chi connectivity index (χ2n) is 5.20. The normalized spacial score (nSPS) is 10.4. The fraction of sp³-hybridized carbons (Fsp3) is 0.105. The molecule has 1 heterocycles. The van der Waals surface area contributed by atoms with Crippen molar-refractivity contribution in [3.8, 4) is 17.1 Å². The van der Waals surface area contributed by atoms with Crippen molar-refractivity contribution in [3.63, 3.8) is 0 Å². The zero-order chi connectivity index (χ0) is 16.1. The number of benzene rings is 2. The van der Waals surface area contributed by atoms with Crippen molar-refractivity contribution < 1.29 is 14.3 Å². The summed E-state index contributed by atoms with van der Waals surface area (Å²) in [6.07, 6.45) is 0.693. The number of furan rings is 1. The number of hydrogen-bond acceptors (Lipinski definition) is 3. The van der Waals surface area contributed by atoms with E-state index >= 15 is 0 Å². The molecule has 0 bridgehead atoms. The van der Waals surface area contributed by atoms with Crippen LogP contribution < -0.4 is 5.32 Å². The van der Waals surface area contributed by atoms with E-state index in [2.05, 4.69) is 5.32 Å². The van der Waals surface area contributed by atoms with Crippen molar-refractivity contribution in [2.45, 2.75) is 6.42 Å². The highest BCUT2D eigenvalue weighted by Gasteiger charge is 2.11. The first-order chi connectivity index (χ1) is 11.2. The van der Waals surface area contributed by atoms with Crippen molar-refractivity contribution in [2.75, 3.05) is 6.54 Å². The van der Waals surface area contributed by atoms with Crippen molar-refractivity contribution >= 4 is 5.91 Å². The maximum atomic E-state index is 12.1. The minimum Gasteiger partial charge on any atom is -0.508 e. The number of carbonyl (C=O) groups is 1. The Hall–Kier alpha value is -3.01. The van der Waals surface area contributed by atoms with Gasteiger partial charge in [0.2, 0.25) is 0 Å². The van der Waals surface area contributed by atoms with Crippen LogP contribution >= 0.6 is 0 Å². The molecular weight excluding hydrogens is 290 g/mol. The fourth-order valence-electron chi connectivity index (χ4n) is 2.29. The lowest BCUT2D eigenvalue weighted by molar-refractivity contribution is 0.0927. The second-order valence-corrected chi connectivity index (χ2v) is 5.20. The Morgan fingerprint density at radius 2 is 1.70 bits per heavy atom. The van der Waals surface area contributed by atoms with E-state index in [0.717, 1.165) is 11.1 Å². The molecule has 0 aliphatic heterocycles. The van der Waals surface area contributed by atoms with Gasteiger partial charge in [-0.3, -0.25) is 4.79 Å². The van der Waals surface area contributed by atoms with Gasteiger partial charge in [-0.1, -0.05) is 42.5 Å². The van der Waals surface area contributed by atoms with E-state index in [0.29, 0.717) is 24.5 Å². The Kier molecular flexibility index (Phi) is 4.43. The van der Waals surface area contributed by atoms with Crippen LogP contribution in [0.1, 0.15) is 16.1 Å². The Morgan fingerprint density at radius 1 is 0.957 bits per heavy atom. The van der Waals surface area contributed by atoms with Crippen molar-refractivity contribution in [2.24, 2.45) is 0 Å². The Balaban J connectivity index is 1.56. The minimum atomic E-state index is -0.231. The predicted octanol–water partition coefficient (Wildman–Crippen LogP) is 3.62. The van der Waals surface area contributed by atoms with E-state index in [1.54, 1.807) is 24.3 Å². The van der Waals surface area contributed by atoms with Gasteiger partial charge in [0.15, 0.2) is 5.76 Å². The molecule has 0 aliphatic rings. The number of phenolic OH excluding ortho intramolecular Hbond substituents is 1. The fourth-order valence-corrected chi connectivity index (χ4v) is 2.29. The number of aromatic hydroxyl groups is 1. The third kappa shape index (κ3) is 3.80. The van der Waals surface area contributed by atoms with Crippen LogP contribution in [-0.2, 0) is 6.42 Å². The summed E-state index contributed by atoms with van der Waals surface area (Å²) in [5.74, 6) is 0.983. The maximum Gasteiger partial charge on any atom is 0.287 e. The lowest BCUT2D eigenvalue weighted by Gasteiger charge is -2.04. The van der Waals surface area contributed by atoms with Crippen LogP contribution in [0.3, 0.4) is 0 Å². The van der Waals surface area contributed by atoms with Crippen molar-refractivity contribution in [1.29, 1.82) is 0 Å². The third-order valence-corrected chi connectivity index (χ3v) is 3.52. The van der Waals surface area contributed by atoms with Crippen LogP contribution in [0, 0.1) is 0 Å². The molecule has 3 aromatic rings.